The lowest BCUT2D eigenvalue weighted by Gasteiger charge is -2.53. The predicted molar refractivity (Wildman–Crippen MR) is 180 cm³/mol. The Morgan fingerprint density at radius 3 is 1.68 bits per heavy atom. The van der Waals surface area contributed by atoms with Crippen molar-refractivity contribution in [2.45, 2.75) is 69.3 Å². The van der Waals surface area contributed by atoms with Gasteiger partial charge in [0.1, 0.15) is 30.0 Å². The van der Waals surface area contributed by atoms with E-state index in [0.29, 0.717) is 39.3 Å². The van der Waals surface area contributed by atoms with Gasteiger partial charge in [0.2, 0.25) is 5.91 Å². The minimum atomic E-state index is -0.899. The first-order chi connectivity index (χ1) is 23.2. The highest BCUT2D eigenvalue weighted by Gasteiger charge is 2.56. The van der Waals surface area contributed by atoms with E-state index in [2.05, 4.69) is 17.4 Å². The van der Waals surface area contributed by atoms with Crippen molar-refractivity contribution in [3.8, 4) is 0 Å². The van der Waals surface area contributed by atoms with Crippen molar-refractivity contribution in [3.05, 3.63) is 156 Å². The summed E-state index contributed by atoms with van der Waals surface area (Å²) in [5.41, 5.74) is 3.30. The number of hydrogen-bond acceptors (Lipinski definition) is 6. The molecule has 47 heavy (non-hydrogen) atoms. The fourth-order valence-electron chi connectivity index (χ4n) is 6.29. The second-order valence-corrected chi connectivity index (χ2v) is 12.1. The number of carbonyl (C=O) groups is 1. The number of rotatable bonds is 13. The maximum atomic E-state index is 12.7. The van der Waals surface area contributed by atoms with Crippen LogP contribution in [0.15, 0.2) is 133 Å². The Kier molecular flexibility index (Phi) is 11.6. The average molecular weight is 634 g/mol. The van der Waals surface area contributed by atoms with Crippen molar-refractivity contribution in [2.75, 3.05) is 13.2 Å². The second kappa shape index (κ2) is 16.6. The minimum absolute atomic E-state index is 0.157. The lowest BCUT2D eigenvalue weighted by Crippen LogP contribution is -2.70. The van der Waals surface area contributed by atoms with Gasteiger partial charge in [0.05, 0.1) is 33.0 Å². The van der Waals surface area contributed by atoms with Crippen LogP contribution in [-0.2, 0) is 54.9 Å². The highest BCUT2D eigenvalue weighted by Crippen LogP contribution is 2.40. The van der Waals surface area contributed by atoms with Crippen LogP contribution in [0, 0.1) is 0 Å². The highest BCUT2D eigenvalue weighted by molar-refractivity contribution is 5.87. The summed E-state index contributed by atoms with van der Waals surface area (Å²) in [7, 11) is 0. The first kappa shape index (κ1) is 32.8. The standard InChI is InChI=1S/C40H43NO6/c42-36-23-13-14-24-40(30-41-36)39(46-28-34-21-11-4-12-22-34)38(45-27-33-19-9-3-10-20-33)37(44-26-32-17-7-2-8-18-32)35(47-40)29-43-25-31-15-5-1-6-16-31/h1-13,15-23,35,37-39H,14,24-30H2,(H,41,42)/b23-13-/t35-,37-,38+,39-,40-/m1/s1. The highest BCUT2D eigenvalue weighted by atomic mass is 16.6. The van der Waals surface area contributed by atoms with Crippen LogP contribution in [0.25, 0.3) is 0 Å². The number of benzene rings is 4. The molecule has 0 unspecified atom stereocenters. The SMILES string of the molecule is O=C1/C=C\CC[C@]2(CN1)O[C@H](COCc1ccccc1)[C@@H](OCc1ccccc1)[C@H](OCc1ccccc1)[C@H]2OCc1ccccc1. The van der Waals surface area contributed by atoms with Crippen molar-refractivity contribution in [3.63, 3.8) is 0 Å². The lowest BCUT2D eigenvalue weighted by atomic mass is 9.80. The number of hydrogen-bond donors (Lipinski definition) is 1. The van der Waals surface area contributed by atoms with E-state index in [0.717, 1.165) is 22.3 Å². The number of ether oxygens (including phenoxy) is 5. The second-order valence-electron chi connectivity index (χ2n) is 12.1. The largest absolute Gasteiger partial charge is 0.374 e. The number of nitrogens with one attached hydrogen (secondary N) is 1. The first-order valence-electron chi connectivity index (χ1n) is 16.4. The molecule has 244 valence electrons. The summed E-state index contributed by atoms with van der Waals surface area (Å²) in [6, 6.07) is 40.4. The molecule has 4 aromatic carbocycles. The van der Waals surface area contributed by atoms with Gasteiger partial charge >= 0.3 is 0 Å². The first-order valence-corrected chi connectivity index (χ1v) is 16.4. The molecule has 0 aliphatic carbocycles. The van der Waals surface area contributed by atoms with Gasteiger partial charge in [-0.1, -0.05) is 127 Å². The summed E-state index contributed by atoms with van der Waals surface area (Å²) in [5.74, 6) is -0.157. The zero-order valence-corrected chi connectivity index (χ0v) is 26.6. The quantitative estimate of drug-likeness (QED) is 0.180. The molecule has 1 saturated heterocycles. The van der Waals surface area contributed by atoms with Crippen molar-refractivity contribution < 1.29 is 28.5 Å². The molecule has 7 heteroatoms. The number of carbonyl (C=O) groups excluding carboxylic acids is 1. The van der Waals surface area contributed by atoms with Gasteiger partial charge in [0.15, 0.2) is 0 Å². The van der Waals surface area contributed by atoms with E-state index < -0.39 is 30.0 Å². The zero-order chi connectivity index (χ0) is 32.2. The Hall–Kier alpha value is -4.11. The number of amides is 1. The van der Waals surface area contributed by atoms with Crippen LogP contribution in [0.4, 0.5) is 0 Å². The van der Waals surface area contributed by atoms with E-state index in [1.807, 2.05) is 115 Å². The van der Waals surface area contributed by atoms with Crippen molar-refractivity contribution >= 4 is 5.91 Å². The molecule has 2 aliphatic rings. The van der Waals surface area contributed by atoms with E-state index in [-0.39, 0.29) is 19.1 Å². The third-order valence-electron chi connectivity index (χ3n) is 8.70. The predicted octanol–water partition coefficient (Wildman–Crippen LogP) is 6.56. The zero-order valence-electron chi connectivity index (χ0n) is 26.6. The molecule has 5 atom stereocenters. The monoisotopic (exact) mass is 633 g/mol. The molecule has 2 heterocycles. The van der Waals surface area contributed by atoms with E-state index in [1.54, 1.807) is 6.08 Å². The third kappa shape index (κ3) is 9.04. The summed E-state index contributed by atoms with van der Waals surface area (Å²) in [6.45, 7) is 2.06. The summed E-state index contributed by atoms with van der Waals surface area (Å²) in [4.78, 5) is 12.7. The Morgan fingerprint density at radius 1 is 0.638 bits per heavy atom. The molecule has 7 nitrogen and oxygen atoms in total. The Bertz CT molecular complexity index is 1530. The maximum absolute atomic E-state index is 12.7. The van der Waals surface area contributed by atoms with Crippen LogP contribution in [0.3, 0.4) is 0 Å². The van der Waals surface area contributed by atoms with Crippen molar-refractivity contribution in [2.24, 2.45) is 0 Å². The van der Waals surface area contributed by atoms with E-state index in [1.165, 1.54) is 0 Å². The fourth-order valence-corrected chi connectivity index (χ4v) is 6.29. The summed E-state index contributed by atoms with van der Waals surface area (Å²) in [6.07, 6.45) is 2.62. The van der Waals surface area contributed by atoms with Crippen LogP contribution < -0.4 is 5.32 Å². The molecule has 4 aromatic rings. The van der Waals surface area contributed by atoms with Gasteiger partial charge in [-0.05, 0) is 41.2 Å². The van der Waals surface area contributed by atoms with E-state index in [4.69, 9.17) is 23.7 Å². The molecule has 6 rings (SSSR count). The normalized spacial score (nSPS) is 25.1. The summed E-state index contributed by atoms with van der Waals surface area (Å²) >= 11 is 0. The van der Waals surface area contributed by atoms with Gasteiger partial charge in [-0.2, -0.15) is 0 Å². The van der Waals surface area contributed by atoms with Gasteiger partial charge in [0.25, 0.3) is 0 Å². The Balaban J connectivity index is 1.35. The molecule has 0 bridgehead atoms. The van der Waals surface area contributed by atoms with Crippen molar-refractivity contribution in [1.29, 1.82) is 0 Å². The lowest BCUT2D eigenvalue weighted by molar-refractivity contribution is -0.308. The molecule has 0 saturated carbocycles. The van der Waals surface area contributed by atoms with Gasteiger partial charge in [-0.25, -0.2) is 0 Å². The van der Waals surface area contributed by atoms with Gasteiger partial charge < -0.3 is 29.0 Å². The molecule has 1 spiro atoms. The Morgan fingerprint density at radius 2 is 1.13 bits per heavy atom. The third-order valence-corrected chi connectivity index (χ3v) is 8.70. The molecule has 0 radical (unpaired) electrons. The summed E-state index contributed by atoms with van der Waals surface area (Å²) in [5, 5.41) is 3.07. The van der Waals surface area contributed by atoms with Crippen LogP contribution in [0.5, 0.6) is 0 Å². The number of allylic oxidation sites excluding steroid dienone is 1. The van der Waals surface area contributed by atoms with Crippen LogP contribution >= 0.6 is 0 Å². The molecule has 1 amide bonds. The molecule has 0 aromatic heterocycles. The van der Waals surface area contributed by atoms with Gasteiger partial charge in [-0.3, -0.25) is 4.79 Å². The van der Waals surface area contributed by atoms with Crippen LogP contribution in [-0.4, -0.2) is 49.1 Å². The molecule has 1 fully saturated rings. The van der Waals surface area contributed by atoms with Crippen LogP contribution in [0.1, 0.15) is 35.1 Å². The summed E-state index contributed by atoms with van der Waals surface area (Å²) < 4.78 is 33.9. The van der Waals surface area contributed by atoms with Gasteiger partial charge in [-0.15, -0.1) is 0 Å². The molecule has 2 aliphatic heterocycles. The van der Waals surface area contributed by atoms with Crippen LogP contribution in [0.2, 0.25) is 0 Å². The molecular weight excluding hydrogens is 590 g/mol. The van der Waals surface area contributed by atoms with E-state index in [9.17, 15) is 4.79 Å². The fraction of sp³-hybridized carbons (Fsp3) is 0.325. The molecule has 1 N–H and O–H groups in total. The smallest absolute Gasteiger partial charge is 0.243 e. The Labute approximate surface area is 277 Å². The minimum Gasteiger partial charge on any atom is -0.374 e. The molecular formula is C40H43NO6. The van der Waals surface area contributed by atoms with Gasteiger partial charge in [0, 0.05) is 6.54 Å². The van der Waals surface area contributed by atoms with Crippen molar-refractivity contribution in [1.82, 2.24) is 5.32 Å². The topological polar surface area (TPSA) is 75.3 Å². The van der Waals surface area contributed by atoms with E-state index >= 15 is 0 Å². The average Bonchev–Trinajstić information content (AvgIpc) is 3.12. The maximum Gasteiger partial charge on any atom is 0.243 e.